The standard InChI is InChI=1S/C25H25F3N2O5/c26-25(27,28)21(11-22(31)30(13-23(32)33)12-15-9-10-15)29-24(34)35-14-20-18-7-3-1-5-16(18)17-6-2-4-8-19(17)20/h1-8,15,20-21H,9-14H2,(H,29,34)(H,32,33). The molecule has 0 saturated heterocycles. The molecule has 0 aliphatic heterocycles. The van der Waals surface area contributed by atoms with Crippen molar-refractivity contribution in [1.82, 2.24) is 10.2 Å². The summed E-state index contributed by atoms with van der Waals surface area (Å²) in [7, 11) is 0. The molecule has 7 nitrogen and oxygen atoms in total. The number of carboxylic acids is 1. The Labute approximate surface area is 199 Å². The van der Waals surface area contributed by atoms with Crippen LogP contribution in [0.15, 0.2) is 48.5 Å². The third-order valence-corrected chi connectivity index (χ3v) is 6.26. The van der Waals surface area contributed by atoms with Gasteiger partial charge in [-0.1, -0.05) is 48.5 Å². The number of rotatable bonds is 9. The molecule has 10 heteroatoms. The number of alkyl carbamates (subject to hydrolysis) is 1. The smallest absolute Gasteiger partial charge is 0.409 e. The predicted molar refractivity (Wildman–Crippen MR) is 120 cm³/mol. The van der Waals surface area contributed by atoms with E-state index in [9.17, 15) is 27.6 Å². The highest BCUT2D eigenvalue weighted by Gasteiger charge is 2.43. The fraction of sp³-hybridized carbons (Fsp3) is 0.400. The first-order valence-corrected chi connectivity index (χ1v) is 11.3. The van der Waals surface area contributed by atoms with E-state index in [0.29, 0.717) is 0 Å². The third kappa shape index (κ3) is 5.93. The fourth-order valence-electron chi connectivity index (χ4n) is 4.36. The molecule has 1 unspecified atom stereocenters. The van der Waals surface area contributed by atoms with Gasteiger partial charge in [0, 0.05) is 12.5 Å². The number of aliphatic carboxylic acids is 1. The first-order valence-electron chi connectivity index (χ1n) is 11.3. The lowest BCUT2D eigenvalue weighted by atomic mass is 9.98. The lowest BCUT2D eigenvalue weighted by molar-refractivity contribution is -0.164. The lowest BCUT2D eigenvalue weighted by Gasteiger charge is -2.26. The summed E-state index contributed by atoms with van der Waals surface area (Å²) in [4.78, 5) is 36.8. The zero-order valence-electron chi connectivity index (χ0n) is 18.8. The highest BCUT2D eigenvalue weighted by atomic mass is 19.4. The predicted octanol–water partition coefficient (Wildman–Crippen LogP) is 4.17. The zero-order valence-corrected chi connectivity index (χ0v) is 18.8. The van der Waals surface area contributed by atoms with Gasteiger partial charge in [0.1, 0.15) is 19.2 Å². The van der Waals surface area contributed by atoms with Crippen molar-refractivity contribution in [3.8, 4) is 11.1 Å². The number of amides is 2. The molecular weight excluding hydrogens is 465 g/mol. The number of ether oxygens (including phenoxy) is 1. The molecule has 1 atom stereocenters. The number of carboxylic acid groups (broad SMARTS) is 1. The minimum Gasteiger partial charge on any atom is -0.480 e. The molecule has 0 radical (unpaired) electrons. The van der Waals surface area contributed by atoms with E-state index < -0.39 is 43.2 Å². The second-order valence-corrected chi connectivity index (χ2v) is 8.88. The van der Waals surface area contributed by atoms with Gasteiger partial charge in [-0.25, -0.2) is 4.79 Å². The summed E-state index contributed by atoms with van der Waals surface area (Å²) >= 11 is 0. The monoisotopic (exact) mass is 490 g/mol. The number of halogens is 3. The topological polar surface area (TPSA) is 95.9 Å². The van der Waals surface area contributed by atoms with Crippen LogP contribution in [0.1, 0.15) is 36.3 Å². The maximum Gasteiger partial charge on any atom is 0.409 e. The number of hydrogen-bond donors (Lipinski definition) is 2. The van der Waals surface area contributed by atoms with Gasteiger partial charge in [-0.3, -0.25) is 9.59 Å². The number of alkyl halides is 3. The molecule has 35 heavy (non-hydrogen) atoms. The van der Waals surface area contributed by atoms with Gasteiger partial charge in [-0.05, 0) is 41.0 Å². The Morgan fingerprint density at radius 3 is 2.11 bits per heavy atom. The SMILES string of the molecule is O=C(O)CN(CC1CC1)C(=O)CC(NC(=O)OCC1c2ccccc2-c2ccccc21)C(F)(F)F. The van der Waals surface area contributed by atoms with Gasteiger partial charge in [0.05, 0.1) is 6.42 Å². The summed E-state index contributed by atoms with van der Waals surface area (Å²) in [6, 6.07) is 12.6. The Bertz CT molecular complexity index is 1070. The summed E-state index contributed by atoms with van der Waals surface area (Å²) in [6.07, 6.45) is -5.73. The van der Waals surface area contributed by atoms with Crippen LogP contribution in [0.2, 0.25) is 0 Å². The molecule has 2 amide bonds. The van der Waals surface area contributed by atoms with Gasteiger partial charge >= 0.3 is 18.2 Å². The van der Waals surface area contributed by atoms with Crippen molar-refractivity contribution in [2.75, 3.05) is 19.7 Å². The number of carbonyl (C=O) groups is 3. The number of nitrogens with one attached hydrogen (secondary N) is 1. The number of fused-ring (bicyclic) bond motifs is 3. The Kier molecular flexibility index (Phi) is 7.00. The number of hydrogen-bond acceptors (Lipinski definition) is 4. The van der Waals surface area contributed by atoms with E-state index in [4.69, 9.17) is 9.84 Å². The molecule has 2 aromatic rings. The second-order valence-electron chi connectivity index (χ2n) is 8.88. The molecular formula is C25H25F3N2O5. The molecule has 2 aromatic carbocycles. The van der Waals surface area contributed by atoms with E-state index in [1.54, 1.807) is 5.32 Å². The van der Waals surface area contributed by atoms with Crippen molar-refractivity contribution in [2.24, 2.45) is 5.92 Å². The first-order chi connectivity index (χ1) is 16.6. The molecule has 2 N–H and O–H groups in total. The zero-order chi connectivity index (χ0) is 25.2. The minimum atomic E-state index is -4.92. The largest absolute Gasteiger partial charge is 0.480 e. The average Bonchev–Trinajstić information content (AvgIpc) is 3.56. The van der Waals surface area contributed by atoms with Gasteiger partial charge in [0.2, 0.25) is 5.91 Å². The molecule has 4 rings (SSSR count). The van der Waals surface area contributed by atoms with Crippen molar-refractivity contribution in [3.05, 3.63) is 59.7 Å². The van der Waals surface area contributed by atoms with Crippen molar-refractivity contribution < 1.29 is 37.4 Å². The average molecular weight is 490 g/mol. The van der Waals surface area contributed by atoms with Gasteiger partial charge < -0.3 is 20.1 Å². The lowest BCUT2D eigenvalue weighted by Crippen LogP contribution is -2.49. The summed E-state index contributed by atoms with van der Waals surface area (Å²) in [6.45, 7) is -0.781. The molecule has 0 bridgehead atoms. The third-order valence-electron chi connectivity index (χ3n) is 6.26. The number of carbonyl (C=O) groups excluding carboxylic acids is 2. The Balaban J connectivity index is 1.40. The molecule has 2 aliphatic carbocycles. The van der Waals surface area contributed by atoms with E-state index in [1.807, 2.05) is 48.5 Å². The quantitative estimate of drug-likeness (QED) is 0.550. The van der Waals surface area contributed by atoms with Crippen LogP contribution in [0.3, 0.4) is 0 Å². The normalized spacial score (nSPS) is 15.6. The van der Waals surface area contributed by atoms with Crippen LogP contribution in [0, 0.1) is 5.92 Å². The fourth-order valence-corrected chi connectivity index (χ4v) is 4.36. The van der Waals surface area contributed by atoms with E-state index in [2.05, 4.69) is 0 Å². The van der Waals surface area contributed by atoms with Crippen LogP contribution >= 0.6 is 0 Å². The van der Waals surface area contributed by atoms with Crippen LogP contribution in [0.5, 0.6) is 0 Å². The first kappa shape index (κ1) is 24.6. The van der Waals surface area contributed by atoms with E-state index in [-0.39, 0.29) is 25.0 Å². The van der Waals surface area contributed by atoms with Crippen LogP contribution in [0.25, 0.3) is 11.1 Å². The number of benzene rings is 2. The maximum absolute atomic E-state index is 13.6. The summed E-state index contributed by atoms with van der Waals surface area (Å²) in [5.74, 6) is -2.53. The van der Waals surface area contributed by atoms with Crippen LogP contribution in [-0.4, -0.2) is 59.9 Å². The Morgan fingerprint density at radius 1 is 1.03 bits per heavy atom. The molecule has 1 fully saturated rings. The van der Waals surface area contributed by atoms with Crippen molar-refractivity contribution in [1.29, 1.82) is 0 Å². The molecule has 2 aliphatic rings. The van der Waals surface area contributed by atoms with E-state index >= 15 is 0 Å². The van der Waals surface area contributed by atoms with Crippen molar-refractivity contribution in [3.63, 3.8) is 0 Å². The molecule has 186 valence electrons. The molecule has 0 spiro atoms. The van der Waals surface area contributed by atoms with Crippen LogP contribution in [0.4, 0.5) is 18.0 Å². The maximum atomic E-state index is 13.6. The van der Waals surface area contributed by atoms with Gasteiger partial charge in [0.25, 0.3) is 0 Å². The summed E-state index contributed by atoms with van der Waals surface area (Å²) in [5.41, 5.74) is 3.77. The highest BCUT2D eigenvalue weighted by molar-refractivity contribution is 5.82. The summed E-state index contributed by atoms with van der Waals surface area (Å²) in [5, 5.41) is 10.8. The highest BCUT2D eigenvalue weighted by Crippen LogP contribution is 2.44. The Hall–Kier alpha value is -3.56. The van der Waals surface area contributed by atoms with E-state index in [0.717, 1.165) is 40.0 Å². The Morgan fingerprint density at radius 2 is 1.60 bits per heavy atom. The molecule has 0 aromatic heterocycles. The van der Waals surface area contributed by atoms with Crippen LogP contribution in [-0.2, 0) is 14.3 Å². The second kappa shape index (κ2) is 9.97. The van der Waals surface area contributed by atoms with Gasteiger partial charge in [-0.15, -0.1) is 0 Å². The number of nitrogens with zero attached hydrogens (tertiary/aromatic N) is 1. The van der Waals surface area contributed by atoms with Crippen molar-refractivity contribution >= 4 is 18.0 Å². The van der Waals surface area contributed by atoms with Gasteiger partial charge in [0.15, 0.2) is 0 Å². The minimum absolute atomic E-state index is 0.0840. The van der Waals surface area contributed by atoms with Crippen molar-refractivity contribution in [2.45, 2.75) is 37.4 Å². The summed E-state index contributed by atoms with van der Waals surface area (Å²) < 4.78 is 46.0. The van der Waals surface area contributed by atoms with E-state index in [1.165, 1.54) is 0 Å². The molecule has 0 heterocycles. The van der Waals surface area contributed by atoms with Gasteiger partial charge in [-0.2, -0.15) is 13.2 Å². The van der Waals surface area contributed by atoms with Crippen LogP contribution < -0.4 is 5.32 Å². The molecule has 1 saturated carbocycles.